The SMILES string of the molecule is CN1C(=O)N/C(=C/c2ccc(Sc3ccccc3)cc2)C1=O. The van der Waals surface area contributed by atoms with Crippen molar-refractivity contribution in [2.75, 3.05) is 7.05 Å². The van der Waals surface area contributed by atoms with Crippen molar-refractivity contribution in [1.29, 1.82) is 0 Å². The van der Waals surface area contributed by atoms with Crippen LogP contribution in [0.4, 0.5) is 4.79 Å². The molecule has 2 aromatic rings. The fourth-order valence-corrected chi connectivity index (χ4v) is 2.88. The molecule has 110 valence electrons. The van der Waals surface area contributed by atoms with Gasteiger partial charge in [-0.15, -0.1) is 0 Å². The number of benzene rings is 2. The maximum absolute atomic E-state index is 11.8. The molecule has 2 aromatic carbocycles. The molecule has 0 unspecified atom stereocenters. The Labute approximate surface area is 132 Å². The van der Waals surface area contributed by atoms with Crippen LogP contribution in [-0.2, 0) is 4.79 Å². The summed E-state index contributed by atoms with van der Waals surface area (Å²) in [5.74, 6) is -0.312. The number of amides is 3. The van der Waals surface area contributed by atoms with Crippen LogP contribution in [0.2, 0.25) is 0 Å². The van der Waals surface area contributed by atoms with Gasteiger partial charge in [-0.25, -0.2) is 4.79 Å². The minimum atomic E-state index is -0.396. The van der Waals surface area contributed by atoms with Crippen molar-refractivity contribution in [2.45, 2.75) is 9.79 Å². The Morgan fingerprint density at radius 2 is 1.59 bits per heavy atom. The molecule has 3 rings (SSSR count). The number of likely N-dealkylation sites (N-methyl/N-ethyl adjacent to an activating group) is 1. The highest BCUT2D eigenvalue weighted by Gasteiger charge is 2.29. The summed E-state index contributed by atoms with van der Waals surface area (Å²) in [5.41, 5.74) is 1.17. The lowest BCUT2D eigenvalue weighted by molar-refractivity contribution is -0.121. The van der Waals surface area contributed by atoms with Crippen LogP contribution >= 0.6 is 11.8 Å². The van der Waals surface area contributed by atoms with Gasteiger partial charge >= 0.3 is 6.03 Å². The molecule has 5 heteroatoms. The summed E-state index contributed by atoms with van der Waals surface area (Å²) < 4.78 is 0. The highest BCUT2D eigenvalue weighted by Crippen LogP contribution is 2.27. The van der Waals surface area contributed by atoms with Crippen molar-refractivity contribution in [3.8, 4) is 0 Å². The number of imide groups is 1. The molecule has 22 heavy (non-hydrogen) atoms. The number of hydrogen-bond acceptors (Lipinski definition) is 3. The molecule has 0 spiro atoms. The van der Waals surface area contributed by atoms with Gasteiger partial charge in [0.05, 0.1) is 0 Å². The van der Waals surface area contributed by atoms with E-state index in [0.717, 1.165) is 15.4 Å². The molecule has 1 aliphatic heterocycles. The molecule has 1 saturated heterocycles. The Morgan fingerprint density at radius 3 is 2.18 bits per heavy atom. The van der Waals surface area contributed by atoms with Gasteiger partial charge in [0.15, 0.2) is 0 Å². The van der Waals surface area contributed by atoms with Gasteiger partial charge < -0.3 is 5.32 Å². The molecule has 1 fully saturated rings. The lowest BCUT2D eigenvalue weighted by Crippen LogP contribution is -2.25. The van der Waals surface area contributed by atoms with Crippen LogP contribution in [0.3, 0.4) is 0 Å². The summed E-state index contributed by atoms with van der Waals surface area (Å²) in [4.78, 5) is 26.5. The van der Waals surface area contributed by atoms with E-state index in [-0.39, 0.29) is 5.91 Å². The smallest absolute Gasteiger partial charge is 0.303 e. The summed E-state index contributed by atoms with van der Waals surface area (Å²) in [6.07, 6.45) is 1.68. The Hall–Kier alpha value is -2.53. The van der Waals surface area contributed by atoms with Gasteiger partial charge in [-0.2, -0.15) is 0 Å². The topological polar surface area (TPSA) is 49.4 Å². The van der Waals surface area contributed by atoms with Gasteiger partial charge in [-0.05, 0) is 35.9 Å². The van der Waals surface area contributed by atoms with E-state index in [1.54, 1.807) is 17.8 Å². The Kier molecular flexibility index (Phi) is 3.98. The summed E-state index contributed by atoms with van der Waals surface area (Å²) in [5, 5.41) is 2.55. The average molecular weight is 310 g/mol. The normalized spacial score (nSPS) is 16.2. The van der Waals surface area contributed by atoms with Crippen molar-refractivity contribution in [3.05, 3.63) is 65.9 Å². The van der Waals surface area contributed by atoms with Crippen molar-refractivity contribution < 1.29 is 9.59 Å². The van der Waals surface area contributed by atoms with Crippen LogP contribution in [0.1, 0.15) is 5.56 Å². The van der Waals surface area contributed by atoms with E-state index in [1.807, 2.05) is 42.5 Å². The van der Waals surface area contributed by atoms with Crippen LogP contribution in [0.25, 0.3) is 6.08 Å². The fourth-order valence-electron chi connectivity index (χ4n) is 2.05. The van der Waals surface area contributed by atoms with Crippen molar-refractivity contribution in [1.82, 2.24) is 10.2 Å². The van der Waals surface area contributed by atoms with Crippen molar-refractivity contribution in [3.63, 3.8) is 0 Å². The third kappa shape index (κ3) is 3.04. The quantitative estimate of drug-likeness (QED) is 0.698. The third-order valence-corrected chi connectivity index (χ3v) is 4.27. The summed E-state index contributed by atoms with van der Waals surface area (Å²) in [7, 11) is 1.46. The molecule has 4 nitrogen and oxygen atoms in total. The number of nitrogens with one attached hydrogen (secondary N) is 1. The lowest BCUT2D eigenvalue weighted by Gasteiger charge is -2.02. The maximum atomic E-state index is 11.8. The molecule has 3 amide bonds. The molecular weight excluding hydrogens is 296 g/mol. The molecular formula is C17H14N2O2S. The molecule has 0 radical (unpaired) electrons. The fraction of sp³-hybridized carbons (Fsp3) is 0.0588. The third-order valence-electron chi connectivity index (χ3n) is 3.25. The molecule has 0 aromatic heterocycles. The average Bonchev–Trinajstić information content (AvgIpc) is 2.77. The van der Waals surface area contributed by atoms with E-state index in [0.29, 0.717) is 5.70 Å². The highest BCUT2D eigenvalue weighted by atomic mass is 32.2. The number of rotatable bonds is 3. The van der Waals surface area contributed by atoms with E-state index in [2.05, 4.69) is 17.4 Å². The number of urea groups is 1. The standard InChI is InChI=1S/C17H14N2O2S/c1-19-16(20)15(18-17(19)21)11-12-7-9-14(10-8-12)22-13-5-3-2-4-6-13/h2-11H,1H3,(H,18,21)/b15-11+. The first-order chi connectivity index (χ1) is 10.6. The van der Waals surface area contributed by atoms with Crippen LogP contribution in [0, 0.1) is 0 Å². The minimum Gasteiger partial charge on any atom is -0.303 e. The second-order valence-corrected chi connectivity index (χ2v) is 5.98. The van der Waals surface area contributed by atoms with E-state index in [9.17, 15) is 9.59 Å². The van der Waals surface area contributed by atoms with Gasteiger partial charge in [-0.3, -0.25) is 9.69 Å². The van der Waals surface area contributed by atoms with Crippen molar-refractivity contribution >= 4 is 29.8 Å². The summed E-state index contributed by atoms with van der Waals surface area (Å²) in [6.45, 7) is 0. The van der Waals surface area contributed by atoms with E-state index >= 15 is 0 Å². The molecule has 0 saturated carbocycles. The first kappa shape index (κ1) is 14.4. The molecule has 1 N–H and O–H groups in total. The van der Waals surface area contributed by atoms with Crippen LogP contribution < -0.4 is 5.32 Å². The number of carbonyl (C=O) groups is 2. The first-order valence-corrected chi connectivity index (χ1v) is 7.59. The zero-order chi connectivity index (χ0) is 15.5. The second-order valence-electron chi connectivity index (χ2n) is 4.84. The maximum Gasteiger partial charge on any atom is 0.328 e. The monoisotopic (exact) mass is 310 g/mol. The zero-order valence-electron chi connectivity index (χ0n) is 11.9. The Bertz CT molecular complexity index is 739. The Balaban J connectivity index is 1.75. The van der Waals surface area contributed by atoms with Gasteiger partial charge in [0.25, 0.3) is 5.91 Å². The van der Waals surface area contributed by atoms with E-state index < -0.39 is 6.03 Å². The Morgan fingerprint density at radius 1 is 0.955 bits per heavy atom. The highest BCUT2D eigenvalue weighted by molar-refractivity contribution is 7.99. The number of hydrogen-bond donors (Lipinski definition) is 1. The lowest BCUT2D eigenvalue weighted by atomic mass is 10.2. The van der Waals surface area contributed by atoms with Crippen molar-refractivity contribution in [2.24, 2.45) is 0 Å². The molecule has 0 atom stereocenters. The van der Waals surface area contributed by atoms with Crippen LogP contribution in [-0.4, -0.2) is 23.9 Å². The molecule has 1 heterocycles. The van der Waals surface area contributed by atoms with Gasteiger partial charge in [0.1, 0.15) is 5.70 Å². The van der Waals surface area contributed by atoms with Gasteiger partial charge in [-0.1, -0.05) is 42.1 Å². The zero-order valence-corrected chi connectivity index (χ0v) is 12.8. The van der Waals surface area contributed by atoms with Crippen LogP contribution in [0.15, 0.2) is 70.1 Å². The predicted molar refractivity (Wildman–Crippen MR) is 86.3 cm³/mol. The van der Waals surface area contributed by atoms with E-state index in [4.69, 9.17) is 0 Å². The van der Waals surface area contributed by atoms with Gasteiger partial charge in [0, 0.05) is 16.8 Å². The predicted octanol–water partition coefficient (Wildman–Crippen LogP) is 3.36. The minimum absolute atomic E-state index is 0.302. The number of carbonyl (C=O) groups excluding carboxylic acids is 2. The largest absolute Gasteiger partial charge is 0.328 e. The molecule has 0 aliphatic carbocycles. The molecule has 0 bridgehead atoms. The molecule has 1 aliphatic rings. The first-order valence-electron chi connectivity index (χ1n) is 6.77. The van der Waals surface area contributed by atoms with Crippen LogP contribution in [0.5, 0.6) is 0 Å². The second kappa shape index (κ2) is 6.07. The van der Waals surface area contributed by atoms with Gasteiger partial charge in [0.2, 0.25) is 0 Å². The van der Waals surface area contributed by atoms with E-state index in [1.165, 1.54) is 11.9 Å². The summed E-state index contributed by atoms with van der Waals surface area (Å²) in [6, 6.07) is 17.6. The summed E-state index contributed by atoms with van der Waals surface area (Å²) >= 11 is 1.67. The number of nitrogens with zero attached hydrogens (tertiary/aromatic N) is 1.